The standard InChI is InChI=1S/C30H51N7O2/c1-6-39-20-14-18-37(25-21-29(2,3)36-30(4,5)22-25)28-34-26(31-17-12-7-8-13-19-38)33-27(35-28)32-23-24-15-10-9-11-16-24/h9-11,15-16,25,36,38H,6-8,12-14,17-23H2,1-5H3,(H2,31,32,33,34,35). The molecule has 3 rings (SSSR count). The van der Waals surface area contributed by atoms with Crippen LogP contribution < -0.4 is 20.9 Å². The number of piperidine rings is 1. The quantitative estimate of drug-likeness (QED) is 0.206. The molecule has 1 aliphatic rings. The minimum atomic E-state index is 0.00164. The predicted octanol–water partition coefficient (Wildman–Crippen LogP) is 4.99. The molecule has 0 aliphatic carbocycles. The van der Waals surface area contributed by atoms with Crippen molar-refractivity contribution in [3.8, 4) is 0 Å². The van der Waals surface area contributed by atoms with Crippen LogP contribution in [0, 0.1) is 0 Å². The first-order chi connectivity index (χ1) is 18.7. The van der Waals surface area contributed by atoms with Gasteiger partial charge in [0.05, 0.1) is 0 Å². The third-order valence-electron chi connectivity index (χ3n) is 7.04. The summed E-state index contributed by atoms with van der Waals surface area (Å²) in [4.78, 5) is 17.0. The highest BCUT2D eigenvalue weighted by atomic mass is 16.5. The summed E-state index contributed by atoms with van der Waals surface area (Å²) in [5.74, 6) is 1.88. The lowest BCUT2D eigenvalue weighted by Gasteiger charge is -2.49. The molecule has 4 N–H and O–H groups in total. The molecule has 0 spiro atoms. The Morgan fingerprint density at radius 2 is 1.59 bits per heavy atom. The van der Waals surface area contributed by atoms with Crippen LogP contribution in [0.4, 0.5) is 17.8 Å². The van der Waals surface area contributed by atoms with E-state index in [4.69, 9.17) is 24.8 Å². The molecular formula is C30H51N7O2. The first kappa shape index (κ1) is 31.0. The zero-order valence-corrected chi connectivity index (χ0v) is 24.8. The van der Waals surface area contributed by atoms with Crippen molar-refractivity contribution in [2.75, 3.05) is 48.4 Å². The number of ether oxygens (including phenoxy) is 1. The van der Waals surface area contributed by atoms with Gasteiger partial charge in [0.1, 0.15) is 0 Å². The van der Waals surface area contributed by atoms with E-state index in [9.17, 15) is 0 Å². The number of benzene rings is 1. The highest BCUT2D eigenvalue weighted by molar-refractivity contribution is 5.45. The molecule has 218 valence electrons. The maximum atomic E-state index is 9.04. The summed E-state index contributed by atoms with van der Waals surface area (Å²) in [6.45, 7) is 15.1. The van der Waals surface area contributed by atoms with Gasteiger partial charge in [0.2, 0.25) is 17.8 Å². The fraction of sp³-hybridized carbons (Fsp3) is 0.700. The number of nitrogens with one attached hydrogen (secondary N) is 3. The number of hydrogen-bond acceptors (Lipinski definition) is 9. The molecule has 2 heterocycles. The molecule has 0 bridgehead atoms. The van der Waals surface area contributed by atoms with Gasteiger partial charge >= 0.3 is 0 Å². The lowest BCUT2D eigenvalue weighted by atomic mass is 9.79. The Hall–Kier alpha value is -2.49. The molecule has 0 atom stereocenters. The van der Waals surface area contributed by atoms with Crippen LogP contribution in [0.2, 0.25) is 0 Å². The number of anilines is 3. The number of hydrogen-bond donors (Lipinski definition) is 4. The van der Waals surface area contributed by atoms with Crippen molar-refractivity contribution in [3.05, 3.63) is 35.9 Å². The number of unbranched alkanes of at least 4 members (excludes halogenated alkanes) is 3. The van der Waals surface area contributed by atoms with E-state index in [1.54, 1.807) is 0 Å². The summed E-state index contributed by atoms with van der Waals surface area (Å²) in [6, 6.07) is 10.6. The second-order valence-corrected chi connectivity index (χ2v) is 11.9. The Kier molecular flexibility index (Phi) is 12.2. The van der Waals surface area contributed by atoms with Gasteiger partial charge in [-0.2, -0.15) is 15.0 Å². The Morgan fingerprint density at radius 3 is 2.26 bits per heavy atom. The molecule has 9 nitrogen and oxygen atoms in total. The maximum Gasteiger partial charge on any atom is 0.232 e. The van der Waals surface area contributed by atoms with Gasteiger partial charge in [-0.1, -0.05) is 43.2 Å². The lowest BCUT2D eigenvalue weighted by molar-refractivity contribution is 0.139. The van der Waals surface area contributed by atoms with E-state index >= 15 is 0 Å². The minimum Gasteiger partial charge on any atom is -0.396 e. The molecule has 1 aliphatic heterocycles. The van der Waals surface area contributed by atoms with Crippen molar-refractivity contribution in [1.29, 1.82) is 0 Å². The highest BCUT2D eigenvalue weighted by Gasteiger charge is 2.40. The Labute approximate surface area is 235 Å². The fourth-order valence-electron chi connectivity index (χ4n) is 5.63. The highest BCUT2D eigenvalue weighted by Crippen LogP contribution is 2.33. The van der Waals surface area contributed by atoms with Gasteiger partial charge in [-0.05, 0) is 72.3 Å². The first-order valence-corrected chi connectivity index (χ1v) is 14.7. The fourth-order valence-corrected chi connectivity index (χ4v) is 5.63. The SMILES string of the molecule is CCOCCCN(c1nc(NCCCCCCO)nc(NCc2ccccc2)n1)C1CC(C)(C)NC(C)(C)C1. The summed E-state index contributed by atoms with van der Waals surface area (Å²) in [6.07, 6.45) is 6.84. The van der Waals surface area contributed by atoms with Crippen LogP contribution in [-0.2, 0) is 11.3 Å². The summed E-state index contributed by atoms with van der Waals surface area (Å²) < 4.78 is 5.68. The molecule has 2 aromatic rings. The molecule has 0 saturated carbocycles. The molecule has 9 heteroatoms. The molecule has 1 saturated heterocycles. The topological polar surface area (TPSA) is 107 Å². The van der Waals surface area contributed by atoms with Crippen molar-refractivity contribution >= 4 is 17.8 Å². The van der Waals surface area contributed by atoms with Gasteiger partial charge in [0, 0.05) is 56.6 Å². The van der Waals surface area contributed by atoms with Crippen molar-refractivity contribution in [2.24, 2.45) is 0 Å². The van der Waals surface area contributed by atoms with Crippen LogP contribution in [0.15, 0.2) is 30.3 Å². The zero-order valence-electron chi connectivity index (χ0n) is 24.8. The molecular weight excluding hydrogens is 490 g/mol. The third-order valence-corrected chi connectivity index (χ3v) is 7.04. The van der Waals surface area contributed by atoms with Gasteiger partial charge < -0.3 is 30.7 Å². The second-order valence-electron chi connectivity index (χ2n) is 11.9. The second kappa shape index (κ2) is 15.3. The molecule has 1 aromatic carbocycles. The van der Waals surface area contributed by atoms with Gasteiger partial charge in [0.25, 0.3) is 0 Å². The van der Waals surface area contributed by atoms with E-state index in [-0.39, 0.29) is 23.7 Å². The largest absolute Gasteiger partial charge is 0.396 e. The van der Waals surface area contributed by atoms with E-state index in [2.05, 4.69) is 60.7 Å². The Balaban J connectivity index is 1.86. The zero-order chi connectivity index (χ0) is 28.1. The van der Waals surface area contributed by atoms with Crippen LogP contribution in [0.25, 0.3) is 0 Å². The Bertz CT molecular complexity index is 955. The molecule has 0 amide bonds. The van der Waals surface area contributed by atoms with Crippen LogP contribution in [-0.4, -0.2) is 70.1 Å². The van der Waals surface area contributed by atoms with Crippen molar-refractivity contribution in [3.63, 3.8) is 0 Å². The summed E-state index contributed by atoms with van der Waals surface area (Å²) in [5, 5.41) is 19.7. The van der Waals surface area contributed by atoms with E-state index in [0.717, 1.165) is 64.6 Å². The first-order valence-electron chi connectivity index (χ1n) is 14.7. The average molecular weight is 542 g/mol. The molecule has 39 heavy (non-hydrogen) atoms. The summed E-state index contributed by atoms with van der Waals surface area (Å²) in [7, 11) is 0. The van der Waals surface area contributed by atoms with E-state index in [1.807, 2.05) is 25.1 Å². The van der Waals surface area contributed by atoms with Crippen LogP contribution in [0.1, 0.15) is 85.1 Å². The predicted molar refractivity (Wildman–Crippen MR) is 160 cm³/mol. The van der Waals surface area contributed by atoms with Gasteiger partial charge in [-0.3, -0.25) is 0 Å². The van der Waals surface area contributed by atoms with Gasteiger partial charge in [-0.15, -0.1) is 0 Å². The minimum absolute atomic E-state index is 0.00164. The number of rotatable bonds is 17. The van der Waals surface area contributed by atoms with Crippen molar-refractivity contribution in [2.45, 2.75) is 103 Å². The van der Waals surface area contributed by atoms with E-state index < -0.39 is 0 Å². The average Bonchev–Trinajstić information content (AvgIpc) is 2.88. The number of nitrogens with zero attached hydrogens (tertiary/aromatic N) is 4. The normalized spacial score (nSPS) is 16.7. The van der Waals surface area contributed by atoms with E-state index in [0.29, 0.717) is 31.0 Å². The van der Waals surface area contributed by atoms with E-state index in [1.165, 1.54) is 5.56 Å². The number of aliphatic hydroxyl groups excluding tert-OH is 1. The molecule has 1 aromatic heterocycles. The van der Waals surface area contributed by atoms with Crippen LogP contribution in [0.5, 0.6) is 0 Å². The number of aliphatic hydroxyl groups is 1. The number of aromatic nitrogens is 3. The van der Waals surface area contributed by atoms with Crippen molar-refractivity contribution < 1.29 is 9.84 Å². The van der Waals surface area contributed by atoms with Crippen LogP contribution in [0.3, 0.4) is 0 Å². The summed E-state index contributed by atoms with van der Waals surface area (Å²) >= 11 is 0. The monoisotopic (exact) mass is 541 g/mol. The van der Waals surface area contributed by atoms with Gasteiger partial charge in [-0.25, -0.2) is 0 Å². The third kappa shape index (κ3) is 10.9. The summed E-state index contributed by atoms with van der Waals surface area (Å²) in [5.41, 5.74) is 1.18. The van der Waals surface area contributed by atoms with Crippen molar-refractivity contribution in [1.82, 2.24) is 20.3 Å². The Morgan fingerprint density at radius 1 is 0.923 bits per heavy atom. The molecule has 1 fully saturated rings. The lowest BCUT2D eigenvalue weighted by Crippen LogP contribution is -2.62. The molecule has 0 radical (unpaired) electrons. The maximum absolute atomic E-state index is 9.04. The molecule has 0 unspecified atom stereocenters. The van der Waals surface area contributed by atoms with Gasteiger partial charge in [0.15, 0.2) is 0 Å². The smallest absolute Gasteiger partial charge is 0.232 e. The van der Waals surface area contributed by atoms with Crippen LogP contribution >= 0.6 is 0 Å².